The maximum Gasteiger partial charge on any atom is 0.401 e. The zero-order valence-corrected chi connectivity index (χ0v) is 9.15. The van der Waals surface area contributed by atoms with Crippen LogP contribution >= 0.6 is 0 Å². The highest BCUT2D eigenvalue weighted by molar-refractivity contribution is 5.15. The number of hydrogen-bond donors (Lipinski definition) is 0. The smallest absolute Gasteiger partial charge is 0.401 e. The summed E-state index contributed by atoms with van der Waals surface area (Å²) in [5.41, 5.74) is 0. The fourth-order valence-corrected chi connectivity index (χ4v) is 1.81. The van der Waals surface area contributed by atoms with E-state index in [-0.39, 0.29) is 5.92 Å². The molecule has 0 amide bonds. The second-order valence-electron chi connectivity index (χ2n) is 4.18. The molecule has 0 bridgehead atoms. The molecule has 2 rings (SSSR count). The Labute approximate surface area is 97.2 Å². The molecule has 1 saturated heterocycles. The summed E-state index contributed by atoms with van der Waals surface area (Å²) in [6, 6.07) is 3.53. The van der Waals surface area contributed by atoms with E-state index in [1.165, 1.54) is 4.90 Å². The first kappa shape index (κ1) is 12.2. The van der Waals surface area contributed by atoms with Crippen molar-refractivity contribution in [2.24, 2.45) is 5.92 Å². The molecule has 1 aliphatic heterocycles. The summed E-state index contributed by atoms with van der Waals surface area (Å²) < 4.78 is 41.5. The summed E-state index contributed by atoms with van der Waals surface area (Å²) in [7, 11) is 0. The van der Waals surface area contributed by atoms with Gasteiger partial charge in [0.05, 0.1) is 19.3 Å². The Balaban J connectivity index is 1.65. The Bertz CT molecular complexity index is 349. The molecule has 0 N–H and O–H groups in total. The number of pyridine rings is 1. The lowest BCUT2D eigenvalue weighted by Crippen LogP contribution is -2.52. The van der Waals surface area contributed by atoms with E-state index in [0.29, 0.717) is 25.4 Å². The fourth-order valence-electron chi connectivity index (χ4n) is 1.81. The Morgan fingerprint density at radius 3 is 2.76 bits per heavy atom. The van der Waals surface area contributed by atoms with E-state index in [1.54, 1.807) is 24.5 Å². The third-order valence-electron chi connectivity index (χ3n) is 2.56. The van der Waals surface area contributed by atoms with Gasteiger partial charge in [0.15, 0.2) is 0 Å². The van der Waals surface area contributed by atoms with Crippen LogP contribution in [0.25, 0.3) is 0 Å². The van der Waals surface area contributed by atoms with Gasteiger partial charge in [0, 0.05) is 25.2 Å². The molecule has 1 fully saturated rings. The number of likely N-dealkylation sites (tertiary alicyclic amines) is 1. The number of alkyl halides is 3. The molecule has 2 heterocycles. The monoisotopic (exact) mass is 246 g/mol. The van der Waals surface area contributed by atoms with Gasteiger partial charge in [-0.1, -0.05) is 0 Å². The van der Waals surface area contributed by atoms with Crippen molar-refractivity contribution >= 4 is 0 Å². The number of aromatic nitrogens is 1. The molecule has 0 spiro atoms. The molecule has 1 aliphatic rings. The van der Waals surface area contributed by atoms with Crippen LogP contribution in [0.4, 0.5) is 13.2 Å². The second kappa shape index (κ2) is 4.91. The maximum absolute atomic E-state index is 12.0. The standard InChI is InChI=1S/C11H13F3N2O/c12-11(13,14)8-16-5-9(6-16)7-17-10-2-1-3-15-4-10/h1-4,9H,5-8H2. The third-order valence-corrected chi connectivity index (χ3v) is 2.56. The van der Waals surface area contributed by atoms with E-state index in [4.69, 9.17) is 4.74 Å². The van der Waals surface area contributed by atoms with Gasteiger partial charge in [0.25, 0.3) is 0 Å². The van der Waals surface area contributed by atoms with Crippen LogP contribution in [0.15, 0.2) is 24.5 Å². The first-order valence-electron chi connectivity index (χ1n) is 5.35. The molecule has 0 saturated carbocycles. The molecule has 6 heteroatoms. The lowest BCUT2D eigenvalue weighted by Gasteiger charge is -2.39. The average Bonchev–Trinajstić information content (AvgIpc) is 2.21. The average molecular weight is 246 g/mol. The summed E-state index contributed by atoms with van der Waals surface area (Å²) in [6.07, 6.45) is -0.872. The van der Waals surface area contributed by atoms with Gasteiger partial charge in [-0.05, 0) is 12.1 Å². The molecule has 17 heavy (non-hydrogen) atoms. The molecule has 1 aromatic rings. The predicted octanol–water partition coefficient (Wildman–Crippen LogP) is 1.95. The van der Waals surface area contributed by atoms with Crippen LogP contribution in [0.5, 0.6) is 5.75 Å². The second-order valence-corrected chi connectivity index (χ2v) is 4.18. The van der Waals surface area contributed by atoms with Crippen molar-refractivity contribution in [2.75, 3.05) is 26.2 Å². The number of hydrogen-bond acceptors (Lipinski definition) is 3. The van der Waals surface area contributed by atoms with Gasteiger partial charge in [-0.15, -0.1) is 0 Å². The van der Waals surface area contributed by atoms with Gasteiger partial charge in [0.2, 0.25) is 0 Å². The Hall–Kier alpha value is -1.30. The van der Waals surface area contributed by atoms with Crippen molar-refractivity contribution in [2.45, 2.75) is 6.18 Å². The van der Waals surface area contributed by atoms with Crippen molar-refractivity contribution in [3.63, 3.8) is 0 Å². The zero-order chi connectivity index (χ0) is 12.3. The third kappa shape index (κ3) is 3.89. The molecule has 0 unspecified atom stereocenters. The highest BCUT2D eigenvalue weighted by atomic mass is 19.4. The molecule has 3 nitrogen and oxygen atoms in total. The molecule has 0 aliphatic carbocycles. The van der Waals surface area contributed by atoms with Crippen molar-refractivity contribution < 1.29 is 17.9 Å². The van der Waals surface area contributed by atoms with E-state index in [0.717, 1.165) is 0 Å². The predicted molar refractivity (Wildman–Crippen MR) is 55.7 cm³/mol. The number of rotatable bonds is 4. The van der Waals surface area contributed by atoms with E-state index < -0.39 is 12.7 Å². The topological polar surface area (TPSA) is 25.4 Å². The molecule has 0 atom stereocenters. The molecular formula is C11H13F3N2O. The van der Waals surface area contributed by atoms with Gasteiger partial charge in [-0.2, -0.15) is 13.2 Å². The lowest BCUT2D eigenvalue weighted by atomic mass is 10.0. The number of halogens is 3. The normalized spacial score (nSPS) is 17.8. The Morgan fingerprint density at radius 2 is 2.18 bits per heavy atom. The van der Waals surface area contributed by atoms with Crippen molar-refractivity contribution in [3.8, 4) is 5.75 Å². The summed E-state index contributed by atoms with van der Waals surface area (Å²) >= 11 is 0. The summed E-state index contributed by atoms with van der Waals surface area (Å²) in [6.45, 7) is 0.510. The van der Waals surface area contributed by atoms with Gasteiger partial charge in [-0.3, -0.25) is 9.88 Å². The Morgan fingerprint density at radius 1 is 1.41 bits per heavy atom. The summed E-state index contributed by atoms with van der Waals surface area (Å²) in [5, 5.41) is 0. The first-order valence-corrected chi connectivity index (χ1v) is 5.35. The highest BCUT2D eigenvalue weighted by Gasteiger charge is 2.37. The van der Waals surface area contributed by atoms with Crippen LogP contribution in [-0.2, 0) is 0 Å². The van der Waals surface area contributed by atoms with Crippen LogP contribution < -0.4 is 4.74 Å². The molecule has 94 valence electrons. The van der Waals surface area contributed by atoms with Crippen molar-refractivity contribution in [1.82, 2.24) is 9.88 Å². The minimum Gasteiger partial charge on any atom is -0.492 e. The van der Waals surface area contributed by atoms with Gasteiger partial charge < -0.3 is 4.74 Å². The van der Waals surface area contributed by atoms with Gasteiger partial charge in [0.1, 0.15) is 5.75 Å². The minimum atomic E-state index is -4.10. The van der Waals surface area contributed by atoms with Gasteiger partial charge >= 0.3 is 6.18 Å². The van der Waals surface area contributed by atoms with Crippen molar-refractivity contribution in [3.05, 3.63) is 24.5 Å². The van der Waals surface area contributed by atoms with Crippen molar-refractivity contribution in [1.29, 1.82) is 0 Å². The van der Waals surface area contributed by atoms with E-state index in [9.17, 15) is 13.2 Å². The van der Waals surface area contributed by atoms with E-state index >= 15 is 0 Å². The summed E-state index contributed by atoms with van der Waals surface area (Å²) in [4.78, 5) is 5.26. The van der Waals surface area contributed by atoms with E-state index in [1.807, 2.05) is 0 Å². The first-order chi connectivity index (χ1) is 8.03. The Kier molecular flexibility index (Phi) is 3.51. The molecule has 0 radical (unpaired) electrons. The van der Waals surface area contributed by atoms with Crippen LogP contribution in [0.3, 0.4) is 0 Å². The van der Waals surface area contributed by atoms with Gasteiger partial charge in [-0.25, -0.2) is 0 Å². The largest absolute Gasteiger partial charge is 0.492 e. The number of nitrogens with zero attached hydrogens (tertiary/aromatic N) is 2. The highest BCUT2D eigenvalue weighted by Crippen LogP contribution is 2.23. The molecular weight excluding hydrogens is 233 g/mol. The fraction of sp³-hybridized carbons (Fsp3) is 0.545. The maximum atomic E-state index is 12.0. The molecule has 0 aromatic carbocycles. The number of ether oxygens (including phenoxy) is 1. The zero-order valence-electron chi connectivity index (χ0n) is 9.15. The van der Waals surface area contributed by atoms with Crippen LogP contribution in [-0.4, -0.2) is 42.3 Å². The minimum absolute atomic E-state index is 0.178. The van der Waals surface area contributed by atoms with Crippen LogP contribution in [0, 0.1) is 5.92 Å². The van der Waals surface area contributed by atoms with Crippen LogP contribution in [0.2, 0.25) is 0 Å². The van der Waals surface area contributed by atoms with E-state index in [2.05, 4.69) is 4.98 Å². The lowest BCUT2D eigenvalue weighted by molar-refractivity contribution is -0.159. The summed E-state index contributed by atoms with van der Waals surface area (Å²) in [5.74, 6) is 0.833. The van der Waals surface area contributed by atoms with Crippen LogP contribution in [0.1, 0.15) is 0 Å². The molecule has 1 aromatic heterocycles. The SMILES string of the molecule is FC(F)(F)CN1CC(COc2cccnc2)C1. The quantitative estimate of drug-likeness (QED) is 0.812.